The fraction of sp³-hybridized carbons (Fsp3) is 0.462. The molecule has 0 atom stereocenters. The van der Waals surface area contributed by atoms with Crippen LogP contribution in [0.2, 0.25) is 0 Å². The summed E-state index contributed by atoms with van der Waals surface area (Å²) in [6.07, 6.45) is 0.979. The summed E-state index contributed by atoms with van der Waals surface area (Å²) in [5.41, 5.74) is 1.89. The molecule has 0 saturated heterocycles. The third-order valence-electron chi connectivity index (χ3n) is 2.67. The molecular weight excluding hydrogens is 250 g/mol. The van der Waals surface area contributed by atoms with Crippen LogP contribution in [-0.2, 0) is 5.88 Å². The topological polar surface area (TPSA) is 30.3 Å². The minimum atomic E-state index is 0.375. The van der Waals surface area contributed by atoms with Gasteiger partial charge in [-0.15, -0.1) is 11.6 Å². The van der Waals surface area contributed by atoms with E-state index in [1.165, 1.54) is 0 Å². The molecule has 1 heterocycles. The molecule has 0 unspecified atom stereocenters. The van der Waals surface area contributed by atoms with Gasteiger partial charge in [0.05, 0.1) is 18.0 Å². The number of hydrogen-bond acceptors (Lipinski definition) is 3. The maximum absolute atomic E-state index is 5.95. The van der Waals surface area contributed by atoms with Crippen LogP contribution in [0.3, 0.4) is 0 Å². The maximum Gasteiger partial charge on any atom is 0.147 e. The van der Waals surface area contributed by atoms with Crippen molar-refractivity contribution in [3.63, 3.8) is 0 Å². The summed E-state index contributed by atoms with van der Waals surface area (Å²) in [5.74, 6) is 2.02. The van der Waals surface area contributed by atoms with Crippen LogP contribution in [0.5, 0.6) is 5.75 Å². The van der Waals surface area contributed by atoms with Gasteiger partial charge in [-0.05, 0) is 18.6 Å². The second-order valence-electron chi connectivity index (χ2n) is 4.29. The molecule has 0 saturated carbocycles. The number of halogens is 1. The van der Waals surface area contributed by atoms with Crippen LogP contribution in [0, 0.1) is 0 Å². The highest BCUT2D eigenvalue weighted by molar-refractivity contribution is 6.16. The molecule has 98 valence electrons. The molecule has 2 rings (SSSR count). The molecular formula is C13H18ClN3O. The molecule has 1 aromatic heterocycles. The highest BCUT2D eigenvalue weighted by Gasteiger charge is 2.14. The van der Waals surface area contributed by atoms with E-state index in [1.807, 2.05) is 42.0 Å². The average molecular weight is 268 g/mol. The van der Waals surface area contributed by atoms with Crippen molar-refractivity contribution in [1.29, 1.82) is 0 Å². The minimum Gasteiger partial charge on any atom is -0.491 e. The van der Waals surface area contributed by atoms with Crippen molar-refractivity contribution in [2.75, 3.05) is 25.7 Å². The van der Waals surface area contributed by atoms with Crippen LogP contribution in [0.1, 0.15) is 19.2 Å². The number of imidazole rings is 1. The van der Waals surface area contributed by atoms with E-state index in [-0.39, 0.29) is 0 Å². The predicted molar refractivity (Wildman–Crippen MR) is 75.1 cm³/mol. The molecule has 0 spiro atoms. The first-order chi connectivity index (χ1) is 8.69. The Hall–Kier alpha value is -1.42. The van der Waals surface area contributed by atoms with Gasteiger partial charge in [0.1, 0.15) is 17.1 Å². The number of hydrogen-bond donors (Lipinski definition) is 0. The highest BCUT2D eigenvalue weighted by atomic mass is 35.5. The Kier molecular flexibility index (Phi) is 3.97. The summed E-state index contributed by atoms with van der Waals surface area (Å²) in [7, 11) is 3.94. The van der Waals surface area contributed by atoms with Gasteiger partial charge in [0, 0.05) is 14.1 Å². The van der Waals surface area contributed by atoms with E-state index >= 15 is 0 Å². The summed E-state index contributed by atoms with van der Waals surface area (Å²) in [6.45, 7) is 2.78. The Morgan fingerprint density at radius 1 is 1.39 bits per heavy atom. The zero-order valence-corrected chi connectivity index (χ0v) is 11.7. The van der Waals surface area contributed by atoms with E-state index < -0.39 is 0 Å². The van der Waals surface area contributed by atoms with Crippen molar-refractivity contribution in [2.45, 2.75) is 19.2 Å². The number of fused-ring (bicyclic) bond motifs is 1. The number of rotatable bonds is 5. The Balaban J connectivity index is 2.57. The lowest BCUT2D eigenvalue weighted by Gasteiger charge is -2.17. The van der Waals surface area contributed by atoms with Gasteiger partial charge in [-0.2, -0.15) is 0 Å². The predicted octanol–water partition coefficient (Wildman–Crippen LogP) is 2.76. The molecule has 0 fully saturated rings. The number of alkyl halides is 1. The molecule has 0 aliphatic rings. The van der Waals surface area contributed by atoms with Crippen LogP contribution in [-0.4, -0.2) is 30.4 Å². The molecule has 0 aliphatic carbocycles. The van der Waals surface area contributed by atoms with E-state index in [0.29, 0.717) is 12.5 Å². The fourth-order valence-electron chi connectivity index (χ4n) is 1.97. The van der Waals surface area contributed by atoms with Gasteiger partial charge in [0.15, 0.2) is 0 Å². The Bertz CT molecular complexity index is 536. The zero-order chi connectivity index (χ0) is 13.1. The second-order valence-corrected chi connectivity index (χ2v) is 4.56. The van der Waals surface area contributed by atoms with Gasteiger partial charge >= 0.3 is 0 Å². The number of benzene rings is 1. The molecule has 18 heavy (non-hydrogen) atoms. The number of para-hydroxylation sites is 1. The van der Waals surface area contributed by atoms with Crippen LogP contribution in [0.15, 0.2) is 18.2 Å². The summed E-state index contributed by atoms with van der Waals surface area (Å²) in [6, 6.07) is 5.95. The average Bonchev–Trinajstić information content (AvgIpc) is 2.75. The summed E-state index contributed by atoms with van der Waals surface area (Å²) < 4.78 is 7.72. The third kappa shape index (κ3) is 2.25. The van der Waals surface area contributed by atoms with Gasteiger partial charge in [0.25, 0.3) is 0 Å². The Labute approximate surface area is 112 Å². The first-order valence-corrected chi connectivity index (χ1v) is 6.59. The van der Waals surface area contributed by atoms with Gasteiger partial charge in [-0.25, -0.2) is 9.66 Å². The van der Waals surface area contributed by atoms with Crippen molar-refractivity contribution >= 4 is 22.6 Å². The summed E-state index contributed by atoms with van der Waals surface area (Å²) >= 11 is 5.95. The highest BCUT2D eigenvalue weighted by Crippen LogP contribution is 2.26. The largest absolute Gasteiger partial charge is 0.491 e. The second kappa shape index (κ2) is 5.48. The smallest absolute Gasteiger partial charge is 0.147 e. The van der Waals surface area contributed by atoms with Crippen LogP contribution in [0.4, 0.5) is 0 Å². The standard InChI is InChI=1S/C13H18ClN3O/c1-4-8-18-11-7-5-6-10-13(11)15-12(9-14)17(10)16(2)3/h5-7H,4,8-9H2,1-3H3. The van der Waals surface area contributed by atoms with E-state index in [9.17, 15) is 0 Å². The van der Waals surface area contributed by atoms with Crippen molar-refractivity contribution in [2.24, 2.45) is 0 Å². The first-order valence-electron chi connectivity index (χ1n) is 6.05. The van der Waals surface area contributed by atoms with E-state index in [0.717, 1.165) is 29.0 Å². The molecule has 0 amide bonds. The molecule has 0 bridgehead atoms. The lowest BCUT2D eigenvalue weighted by atomic mass is 10.3. The van der Waals surface area contributed by atoms with Gasteiger partial charge in [0.2, 0.25) is 0 Å². The van der Waals surface area contributed by atoms with Gasteiger partial charge in [-0.3, -0.25) is 0 Å². The lowest BCUT2D eigenvalue weighted by Crippen LogP contribution is -2.26. The van der Waals surface area contributed by atoms with Crippen LogP contribution >= 0.6 is 11.6 Å². The van der Waals surface area contributed by atoms with Crippen LogP contribution < -0.4 is 9.75 Å². The van der Waals surface area contributed by atoms with E-state index in [2.05, 4.69) is 11.9 Å². The van der Waals surface area contributed by atoms with E-state index in [4.69, 9.17) is 16.3 Å². The number of ether oxygens (including phenoxy) is 1. The SMILES string of the molecule is CCCOc1cccc2c1nc(CCl)n2N(C)C. The fourth-order valence-corrected chi connectivity index (χ4v) is 2.14. The van der Waals surface area contributed by atoms with Crippen molar-refractivity contribution in [3.05, 3.63) is 24.0 Å². The molecule has 2 aromatic rings. The van der Waals surface area contributed by atoms with E-state index in [1.54, 1.807) is 0 Å². The lowest BCUT2D eigenvalue weighted by molar-refractivity contribution is 0.320. The van der Waals surface area contributed by atoms with Crippen molar-refractivity contribution in [1.82, 2.24) is 9.66 Å². The Morgan fingerprint density at radius 2 is 2.17 bits per heavy atom. The molecule has 0 aliphatic heterocycles. The first kappa shape index (κ1) is 13.0. The maximum atomic E-state index is 5.95. The monoisotopic (exact) mass is 267 g/mol. The van der Waals surface area contributed by atoms with Gasteiger partial charge in [-0.1, -0.05) is 13.0 Å². The van der Waals surface area contributed by atoms with Crippen molar-refractivity contribution in [3.8, 4) is 5.75 Å². The number of nitrogens with zero attached hydrogens (tertiary/aromatic N) is 3. The van der Waals surface area contributed by atoms with Gasteiger partial charge < -0.3 is 9.75 Å². The normalized spacial score (nSPS) is 10.9. The Morgan fingerprint density at radius 3 is 2.78 bits per heavy atom. The minimum absolute atomic E-state index is 0.375. The molecule has 0 N–H and O–H groups in total. The number of aromatic nitrogens is 2. The quantitative estimate of drug-likeness (QED) is 0.781. The summed E-state index contributed by atoms with van der Waals surface area (Å²) in [4.78, 5) is 4.57. The van der Waals surface area contributed by atoms with Crippen molar-refractivity contribution < 1.29 is 4.74 Å². The van der Waals surface area contributed by atoms with Crippen LogP contribution in [0.25, 0.3) is 11.0 Å². The molecule has 5 heteroatoms. The molecule has 0 radical (unpaired) electrons. The summed E-state index contributed by atoms with van der Waals surface area (Å²) in [5, 5.41) is 1.97. The third-order valence-corrected chi connectivity index (χ3v) is 2.91. The molecule has 4 nitrogen and oxygen atoms in total. The zero-order valence-electron chi connectivity index (χ0n) is 11.0. The molecule has 1 aromatic carbocycles.